The smallest absolute Gasteiger partial charge is 0.188 e. The van der Waals surface area contributed by atoms with Crippen molar-refractivity contribution in [2.45, 2.75) is 32.7 Å². The normalized spacial score (nSPS) is 11.2. The molecule has 0 aliphatic rings. The van der Waals surface area contributed by atoms with Crippen LogP contribution in [-0.2, 0) is 0 Å². The van der Waals surface area contributed by atoms with E-state index in [1.807, 2.05) is 7.05 Å². The summed E-state index contributed by atoms with van der Waals surface area (Å²) in [6.07, 6.45) is 0.989. The molecule has 0 aromatic carbocycles. The van der Waals surface area contributed by atoms with Crippen molar-refractivity contribution in [3.05, 3.63) is 0 Å². The summed E-state index contributed by atoms with van der Waals surface area (Å²) >= 11 is 0. The van der Waals surface area contributed by atoms with E-state index >= 15 is 0 Å². The van der Waals surface area contributed by atoms with Crippen LogP contribution in [0.2, 0.25) is 0 Å². The van der Waals surface area contributed by atoms with Crippen molar-refractivity contribution in [3.8, 4) is 0 Å². The van der Waals surface area contributed by atoms with Gasteiger partial charge in [0.05, 0.1) is 0 Å². The van der Waals surface area contributed by atoms with Crippen LogP contribution in [0, 0.1) is 5.41 Å². The molecule has 0 aliphatic carbocycles. The minimum Gasteiger partial charge on any atom is -0.370 e. The fourth-order valence-electron chi connectivity index (χ4n) is 0.563. The lowest BCUT2D eigenvalue weighted by Crippen LogP contribution is -2.47. The van der Waals surface area contributed by atoms with E-state index in [2.05, 4.69) is 20.8 Å². The molecule has 3 heteroatoms. The van der Waals surface area contributed by atoms with Crippen molar-refractivity contribution in [1.29, 1.82) is 5.41 Å². The highest BCUT2D eigenvalue weighted by Gasteiger charge is 2.21. The summed E-state index contributed by atoms with van der Waals surface area (Å²) in [4.78, 5) is 1.77. The molecule has 3 nitrogen and oxygen atoms in total. The number of rotatable bonds is 2. The average Bonchev–Trinajstić information content (AvgIpc) is 1.86. The Hall–Kier alpha value is -0.730. The third-order valence-electron chi connectivity index (χ3n) is 2.13. The van der Waals surface area contributed by atoms with Crippen LogP contribution in [0.1, 0.15) is 27.2 Å². The van der Waals surface area contributed by atoms with E-state index in [0.717, 1.165) is 6.42 Å². The maximum atomic E-state index is 7.16. The van der Waals surface area contributed by atoms with Crippen molar-refractivity contribution >= 4 is 5.96 Å². The molecule has 0 spiro atoms. The predicted molar refractivity (Wildman–Crippen MR) is 44.0 cm³/mol. The van der Waals surface area contributed by atoms with Gasteiger partial charge < -0.3 is 10.6 Å². The Kier molecular flexibility index (Phi) is 2.69. The van der Waals surface area contributed by atoms with E-state index in [0.29, 0.717) is 0 Å². The van der Waals surface area contributed by atoms with Gasteiger partial charge in [0, 0.05) is 12.6 Å². The molecule has 0 heterocycles. The quantitative estimate of drug-likeness (QED) is 0.447. The molecule has 0 rings (SSSR count). The van der Waals surface area contributed by atoms with Crippen LogP contribution in [0.25, 0.3) is 0 Å². The lowest BCUT2D eigenvalue weighted by Gasteiger charge is -2.34. The standard InChI is InChI=1S/C7H17N3/c1-5-7(2,3)10(4)6(8)9/h5H2,1-4H3,(H3,8,9). The highest BCUT2D eigenvalue weighted by atomic mass is 15.3. The van der Waals surface area contributed by atoms with Gasteiger partial charge in [0.2, 0.25) is 0 Å². The number of nitrogens with zero attached hydrogens (tertiary/aromatic N) is 1. The molecule has 0 aromatic rings. The van der Waals surface area contributed by atoms with Crippen molar-refractivity contribution < 1.29 is 0 Å². The molecule has 0 saturated carbocycles. The zero-order valence-electron chi connectivity index (χ0n) is 7.23. The monoisotopic (exact) mass is 143 g/mol. The van der Waals surface area contributed by atoms with Crippen LogP contribution >= 0.6 is 0 Å². The van der Waals surface area contributed by atoms with E-state index in [1.54, 1.807) is 4.90 Å². The van der Waals surface area contributed by atoms with Gasteiger partial charge in [-0.15, -0.1) is 0 Å². The lowest BCUT2D eigenvalue weighted by atomic mass is 10.0. The van der Waals surface area contributed by atoms with Gasteiger partial charge in [0.25, 0.3) is 0 Å². The van der Waals surface area contributed by atoms with Crippen LogP contribution in [0.3, 0.4) is 0 Å². The Labute approximate surface area is 62.7 Å². The third-order valence-corrected chi connectivity index (χ3v) is 2.13. The first kappa shape index (κ1) is 9.27. The first-order valence-corrected chi connectivity index (χ1v) is 3.49. The molecule has 3 N–H and O–H groups in total. The SMILES string of the molecule is CCC(C)(C)N(C)C(=N)N. The number of nitrogens with one attached hydrogen (secondary N) is 1. The van der Waals surface area contributed by atoms with E-state index in [-0.39, 0.29) is 11.5 Å². The zero-order chi connectivity index (χ0) is 8.36. The van der Waals surface area contributed by atoms with Gasteiger partial charge >= 0.3 is 0 Å². The van der Waals surface area contributed by atoms with Gasteiger partial charge in [-0.3, -0.25) is 5.41 Å². The first-order chi connectivity index (χ1) is 4.41. The van der Waals surface area contributed by atoms with Crippen molar-refractivity contribution in [3.63, 3.8) is 0 Å². The minimum absolute atomic E-state index is 0.00579. The maximum absolute atomic E-state index is 7.16. The van der Waals surface area contributed by atoms with E-state index < -0.39 is 0 Å². The summed E-state index contributed by atoms with van der Waals surface area (Å²) in [5.74, 6) is 0.131. The molecule has 0 amide bonds. The minimum atomic E-state index is 0.00579. The Morgan fingerprint density at radius 3 is 2.10 bits per heavy atom. The molecule has 0 radical (unpaired) electrons. The van der Waals surface area contributed by atoms with Crippen molar-refractivity contribution in [2.24, 2.45) is 5.73 Å². The average molecular weight is 143 g/mol. The second kappa shape index (κ2) is 2.90. The number of hydrogen-bond donors (Lipinski definition) is 2. The topological polar surface area (TPSA) is 53.1 Å². The second-order valence-corrected chi connectivity index (χ2v) is 3.11. The summed E-state index contributed by atoms with van der Waals surface area (Å²) in [6.45, 7) is 6.21. The molecular weight excluding hydrogens is 126 g/mol. The van der Waals surface area contributed by atoms with Gasteiger partial charge in [-0.1, -0.05) is 6.92 Å². The van der Waals surface area contributed by atoms with Crippen LogP contribution in [0.5, 0.6) is 0 Å². The summed E-state index contributed by atoms with van der Waals surface area (Å²) in [6, 6.07) is 0. The Morgan fingerprint density at radius 1 is 1.60 bits per heavy atom. The highest BCUT2D eigenvalue weighted by Crippen LogP contribution is 2.14. The fraction of sp³-hybridized carbons (Fsp3) is 0.857. The first-order valence-electron chi connectivity index (χ1n) is 3.49. The molecule has 60 valence electrons. The maximum Gasteiger partial charge on any atom is 0.188 e. The van der Waals surface area contributed by atoms with Gasteiger partial charge in [0.1, 0.15) is 0 Å². The van der Waals surface area contributed by atoms with Gasteiger partial charge in [-0.2, -0.15) is 0 Å². The Balaban J connectivity index is 4.17. The molecule has 0 unspecified atom stereocenters. The Bertz CT molecular complexity index is 129. The molecule has 0 bridgehead atoms. The van der Waals surface area contributed by atoms with Crippen LogP contribution in [0.4, 0.5) is 0 Å². The van der Waals surface area contributed by atoms with E-state index in [4.69, 9.17) is 11.1 Å². The van der Waals surface area contributed by atoms with Gasteiger partial charge in [-0.25, -0.2) is 0 Å². The molecule has 10 heavy (non-hydrogen) atoms. The van der Waals surface area contributed by atoms with Gasteiger partial charge in [0.15, 0.2) is 5.96 Å². The van der Waals surface area contributed by atoms with E-state index in [9.17, 15) is 0 Å². The highest BCUT2D eigenvalue weighted by molar-refractivity contribution is 5.75. The molecule has 0 aromatic heterocycles. The summed E-state index contributed by atoms with van der Waals surface area (Å²) in [5.41, 5.74) is 5.31. The fourth-order valence-corrected chi connectivity index (χ4v) is 0.563. The summed E-state index contributed by atoms with van der Waals surface area (Å²) in [7, 11) is 1.84. The predicted octanol–water partition coefficient (Wildman–Crippen LogP) is 1.00. The molecule has 0 atom stereocenters. The molecular formula is C7H17N3. The second-order valence-electron chi connectivity index (χ2n) is 3.11. The Morgan fingerprint density at radius 2 is 2.00 bits per heavy atom. The summed E-state index contributed by atoms with van der Waals surface area (Å²) in [5, 5.41) is 7.16. The largest absolute Gasteiger partial charge is 0.370 e. The number of guanidine groups is 1. The van der Waals surface area contributed by atoms with Crippen LogP contribution in [0.15, 0.2) is 0 Å². The summed E-state index contributed by atoms with van der Waals surface area (Å²) < 4.78 is 0. The van der Waals surface area contributed by atoms with Crippen molar-refractivity contribution in [1.82, 2.24) is 4.90 Å². The van der Waals surface area contributed by atoms with Gasteiger partial charge in [-0.05, 0) is 20.3 Å². The molecule has 0 saturated heterocycles. The third kappa shape index (κ3) is 1.90. The van der Waals surface area contributed by atoms with E-state index in [1.165, 1.54) is 0 Å². The lowest BCUT2D eigenvalue weighted by molar-refractivity contribution is 0.242. The number of nitrogens with two attached hydrogens (primary N) is 1. The zero-order valence-corrected chi connectivity index (χ0v) is 7.23. The van der Waals surface area contributed by atoms with Crippen molar-refractivity contribution in [2.75, 3.05) is 7.05 Å². The molecule has 0 fully saturated rings. The van der Waals surface area contributed by atoms with Crippen LogP contribution in [-0.4, -0.2) is 23.4 Å². The molecule has 0 aliphatic heterocycles. The van der Waals surface area contributed by atoms with Crippen LogP contribution < -0.4 is 5.73 Å². The number of hydrogen-bond acceptors (Lipinski definition) is 1.